The molecule has 0 aromatic carbocycles. The van der Waals surface area contributed by atoms with Crippen molar-refractivity contribution in [1.29, 1.82) is 0 Å². The van der Waals surface area contributed by atoms with Crippen molar-refractivity contribution in [3.8, 4) is 0 Å². The molecule has 0 bridgehead atoms. The third-order valence-electron chi connectivity index (χ3n) is 2.92. The summed E-state index contributed by atoms with van der Waals surface area (Å²) in [5.74, 6) is 0.107. The van der Waals surface area contributed by atoms with Crippen molar-refractivity contribution in [3.63, 3.8) is 0 Å². The van der Waals surface area contributed by atoms with Gasteiger partial charge in [-0.15, -0.1) is 11.3 Å². The van der Waals surface area contributed by atoms with Crippen LogP contribution in [0.15, 0.2) is 17.5 Å². The Morgan fingerprint density at radius 1 is 1.73 bits per heavy atom. The number of nitrogens with zero attached hydrogens (tertiary/aromatic N) is 1. The van der Waals surface area contributed by atoms with Gasteiger partial charge in [0.25, 0.3) is 0 Å². The summed E-state index contributed by atoms with van der Waals surface area (Å²) in [6.45, 7) is 2.91. The summed E-state index contributed by atoms with van der Waals surface area (Å²) in [7, 11) is 0. The molecule has 1 aromatic rings. The average Bonchev–Trinajstić information content (AvgIpc) is 2.84. The zero-order valence-electron chi connectivity index (χ0n) is 8.85. The minimum Gasteiger partial charge on any atom is -0.333 e. The van der Waals surface area contributed by atoms with Gasteiger partial charge in [0.1, 0.15) is 0 Å². The van der Waals surface area contributed by atoms with Gasteiger partial charge < -0.3 is 10.6 Å². The fourth-order valence-electron chi connectivity index (χ4n) is 2.09. The van der Waals surface area contributed by atoms with Crippen LogP contribution in [-0.4, -0.2) is 23.4 Å². The number of nitrogens with two attached hydrogens (primary N) is 1. The maximum absolute atomic E-state index is 11.8. The molecule has 3 nitrogen and oxygen atoms in total. The number of carbonyl (C=O) groups excluding carboxylic acids is 1. The van der Waals surface area contributed by atoms with Gasteiger partial charge in [-0.2, -0.15) is 0 Å². The van der Waals surface area contributed by atoms with Gasteiger partial charge in [-0.3, -0.25) is 4.79 Å². The number of likely N-dealkylation sites (tertiary alicyclic amines) is 1. The Labute approximate surface area is 93.9 Å². The highest BCUT2D eigenvalue weighted by molar-refractivity contribution is 7.10. The van der Waals surface area contributed by atoms with E-state index in [0.29, 0.717) is 0 Å². The molecule has 1 amide bonds. The minimum absolute atomic E-state index is 0.107. The third kappa shape index (κ3) is 1.92. The Bertz CT molecular complexity index is 336. The van der Waals surface area contributed by atoms with Crippen molar-refractivity contribution in [2.45, 2.75) is 31.8 Å². The second kappa shape index (κ2) is 4.33. The molecule has 1 saturated heterocycles. The van der Waals surface area contributed by atoms with Gasteiger partial charge in [0.2, 0.25) is 5.91 Å². The molecule has 1 aliphatic rings. The number of amides is 1. The quantitative estimate of drug-likeness (QED) is 0.850. The van der Waals surface area contributed by atoms with Crippen LogP contribution in [0.4, 0.5) is 0 Å². The Hall–Kier alpha value is -0.870. The first-order valence-corrected chi connectivity index (χ1v) is 6.21. The largest absolute Gasteiger partial charge is 0.333 e. The fourth-order valence-corrected chi connectivity index (χ4v) is 3.01. The van der Waals surface area contributed by atoms with Crippen LogP contribution in [0.5, 0.6) is 0 Å². The fraction of sp³-hybridized carbons (Fsp3) is 0.545. The van der Waals surface area contributed by atoms with E-state index in [9.17, 15) is 4.79 Å². The van der Waals surface area contributed by atoms with Gasteiger partial charge in [-0.1, -0.05) is 13.0 Å². The maximum Gasteiger partial charge on any atom is 0.240 e. The third-order valence-corrected chi connectivity index (χ3v) is 3.89. The molecule has 1 aliphatic heterocycles. The lowest BCUT2D eigenvalue weighted by Gasteiger charge is -2.26. The highest BCUT2D eigenvalue weighted by Crippen LogP contribution is 2.30. The molecule has 0 radical (unpaired) electrons. The van der Waals surface area contributed by atoms with Crippen molar-refractivity contribution >= 4 is 17.2 Å². The van der Waals surface area contributed by atoms with E-state index < -0.39 is 0 Å². The van der Waals surface area contributed by atoms with E-state index in [4.69, 9.17) is 5.73 Å². The van der Waals surface area contributed by atoms with E-state index in [1.807, 2.05) is 11.0 Å². The van der Waals surface area contributed by atoms with Gasteiger partial charge in [-0.25, -0.2) is 0 Å². The van der Waals surface area contributed by atoms with Crippen molar-refractivity contribution in [2.75, 3.05) is 6.54 Å². The summed E-state index contributed by atoms with van der Waals surface area (Å²) >= 11 is 1.71. The van der Waals surface area contributed by atoms with Crippen LogP contribution in [-0.2, 0) is 4.79 Å². The number of carbonyl (C=O) groups is 1. The van der Waals surface area contributed by atoms with E-state index in [0.717, 1.165) is 19.4 Å². The van der Waals surface area contributed by atoms with Gasteiger partial charge in [0, 0.05) is 11.4 Å². The molecule has 1 fully saturated rings. The van der Waals surface area contributed by atoms with E-state index in [2.05, 4.69) is 18.4 Å². The van der Waals surface area contributed by atoms with E-state index >= 15 is 0 Å². The molecule has 2 heterocycles. The average molecular weight is 224 g/mol. The van der Waals surface area contributed by atoms with E-state index in [-0.39, 0.29) is 18.0 Å². The summed E-state index contributed by atoms with van der Waals surface area (Å²) in [6, 6.07) is 4.07. The smallest absolute Gasteiger partial charge is 0.240 e. The molecule has 15 heavy (non-hydrogen) atoms. The molecule has 1 aromatic heterocycles. The van der Waals surface area contributed by atoms with Crippen molar-refractivity contribution in [1.82, 2.24) is 4.90 Å². The minimum atomic E-state index is -0.279. The summed E-state index contributed by atoms with van der Waals surface area (Å²) in [5, 5.41) is 2.05. The molecule has 0 aliphatic carbocycles. The van der Waals surface area contributed by atoms with Crippen LogP contribution in [0.1, 0.15) is 30.7 Å². The molecule has 2 rings (SSSR count). The van der Waals surface area contributed by atoms with E-state index in [1.165, 1.54) is 4.88 Å². The normalized spacial score (nSPS) is 23.5. The van der Waals surface area contributed by atoms with Crippen LogP contribution < -0.4 is 5.73 Å². The van der Waals surface area contributed by atoms with Crippen LogP contribution in [0.25, 0.3) is 0 Å². The van der Waals surface area contributed by atoms with Gasteiger partial charge in [0.05, 0.1) is 12.1 Å². The molecule has 0 spiro atoms. The zero-order chi connectivity index (χ0) is 10.8. The van der Waals surface area contributed by atoms with Crippen molar-refractivity contribution in [2.24, 2.45) is 5.73 Å². The summed E-state index contributed by atoms with van der Waals surface area (Å²) < 4.78 is 0. The first-order chi connectivity index (χ1) is 7.24. The highest BCUT2D eigenvalue weighted by atomic mass is 32.1. The summed E-state index contributed by atoms with van der Waals surface area (Å²) in [5.41, 5.74) is 5.73. The maximum atomic E-state index is 11.8. The highest BCUT2D eigenvalue weighted by Gasteiger charge is 2.33. The van der Waals surface area contributed by atoms with Gasteiger partial charge in [0.15, 0.2) is 0 Å². The van der Waals surface area contributed by atoms with Crippen molar-refractivity contribution in [3.05, 3.63) is 22.4 Å². The zero-order valence-corrected chi connectivity index (χ0v) is 9.67. The molecular formula is C11H16N2OS. The lowest BCUT2D eigenvalue weighted by atomic mass is 10.1. The first-order valence-electron chi connectivity index (χ1n) is 5.33. The lowest BCUT2D eigenvalue weighted by molar-refractivity contribution is -0.130. The molecule has 4 heteroatoms. The number of hydrogen-bond donors (Lipinski definition) is 1. The summed E-state index contributed by atoms with van der Waals surface area (Å²) in [4.78, 5) is 15.0. The second-order valence-corrected chi connectivity index (χ2v) is 4.85. The second-order valence-electron chi connectivity index (χ2n) is 3.87. The molecule has 2 atom stereocenters. The standard InChI is InChI=1S/C11H16N2OS/c1-2-9(10-4-3-7-15-10)13-6-5-8(12)11(13)14/h3-4,7-9H,2,5-6,12H2,1H3. The Morgan fingerprint density at radius 3 is 3.00 bits per heavy atom. The molecular weight excluding hydrogens is 208 g/mol. The van der Waals surface area contributed by atoms with Gasteiger partial charge >= 0.3 is 0 Å². The van der Waals surface area contributed by atoms with Crippen LogP contribution in [0, 0.1) is 0 Å². The topological polar surface area (TPSA) is 46.3 Å². The monoisotopic (exact) mass is 224 g/mol. The molecule has 82 valence electrons. The van der Waals surface area contributed by atoms with E-state index in [1.54, 1.807) is 11.3 Å². The van der Waals surface area contributed by atoms with Crippen LogP contribution >= 0.6 is 11.3 Å². The lowest BCUT2D eigenvalue weighted by Crippen LogP contribution is -2.36. The number of hydrogen-bond acceptors (Lipinski definition) is 3. The number of rotatable bonds is 3. The Morgan fingerprint density at radius 2 is 2.53 bits per heavy atom. The predicted octanol–water partition coefficient (Wildman–Crippen LogP) is 1.76. The Kier molecular flexibility index (Phi) is 3.07. The number of thiophene rings is 1. The molecule has 2 N–H and O–H groups in total. The van der Waals surface area contributed by atoms with Crippen molar-refractivity contribution < 1.29 is 4.79 Å². The van der Waals surface area contributed by atoms with Crippen LogP contribution in [0.2, 0.25) is 0 Å². The SMILES string of the molecule is CCC(c1cccs1)N1CCC(N)C1=O. The predicted molar refractivity (Wildman–Crippen MR) is 61.7 cm³/mol. The van der Waals surface area contributed by atoms with Crippen LogP contribution in [0.3, 0.4) is 0 Å². The molecule has 0 saturated carbocycles. The van der Waals surface area contributed by atoms with Gasteiger partial charge in [-0.05, 0) is 24.3 Å². The first kappa shape index (κ1) is 10.6. The molecule has 2 unspecified atom stereocenters. The summed E-state index contributed by atoms with van der Waals surface area (Å²) in [6.07, 6.45) is 1.75. The Balaban J connectivity index is 2.18.